The molecule has 0 bridgehead atoms. The van der Waals surface area contributed by atoms with Crippen molar-refractivity contribution in [1.29, 1.82) is 0 Å². The Hall–Kier alpha value is -1.92. The van der Waals surface area contributed by atoms with E-state index in [1.165, 1.54) is 0 Å². The van der Waals surface area contributed by atoms with Crippen molar-refractivity contribution in [3.05, 3.63) is 65.3 Å². The van der Waals surface area contributed by atoms with Crippen molar-refractivity contribution >= 4 is 42.5 Å². The lowest BCUT2D eigenvalue weighted by atomic mass is 10.2. The van der Waals surface area contributed by atoms with Crippen molar-refractivity contribution in [2.24, 2.45) is 0 Å². The van der Waals surface area contributed by atoms with Crippen molar-refractivity contribution < 1.29 is 8.42 Å². The maximum absolute atomic E-state index is 12.4. The average molecular weight is 363 g/mol. The molecule has 1 heterocycles. The number of hydrogen-bond acceptors (Lipinski definition) is 3. The second kappa shape index (κ2) is 5.46. The normalized spacial score (nSPS) is 11.5. The number of fused-ring (bicyclic) bond motifs is 1. The third-order valence-electron chi connectivity index (χ3n) is 3.01. The van der Waals surface area contributed by atoms with Gasteiger partial charge < -0.3 is 0 Å². The summed E-state index contributed by atoms with van der Waals surface area (Å²) in [6.07, 6.45) is 1.68. The summed E-state index contributed by atoms with van der Waals surface area (Å²) < 4.78 is 28.3. The fraction of sp³-hybridized carbons (Fsp3) is 0. The number of nitrogens with zero attached hydrogens (tertiary/aromatic N) is 1. The fourth-order valence-electron chi connectivity index (χ4n) is 2.01. The number of sulfonamides is 1. The monoisotopic (exact) mass is 362 g/mol. The Morgan fingerprint density at radius 2 is 1.71 bits per heavy atom. The molecule has 0 saturated carbocycles. The first-order valence-electron chi connectivity index (χ1n) is 6.18. The highest BCUT2D eigenvalue weighted by molar-refractivity contribution is 9.10. The van der Waals surface area contributed by atoms with Gasteiger partial charge in [0.25, 0.3) is 10.0 Å². The topological polar surface area (TPSA) is 59.1 Å². The van der Waals surface area contributed by atoms with Crippen LogP contribution >= 0.6 is 15.9 Å². The molecule has 0 aliphatic carbocycles. The van der Waals surface area contributed by atoms with Gasteiger partial charge in [0.15, 0.2) is 0 Å². The van der Waals surface area contributed by atoms with Crippen molar-refractivity contribution in [3.63, 3.8) is 0 Å². The number of anilines is 1. The molecular weight excluding hydrogens is 352 g/mol. The minimum absolute atomic E-state index is 0.214. The second-order valence-electron chi connectivity index (χ2n) is 4.44. The predicted molar refractivity (Wildman–Crippen MR) is 86.7 cm³/mol. The molecule has 0 unspecified atom stereocenters. The van der Waals surface area contributed by atoms with Gasteiger partial charge in [0.05, 0.1) is 16.1 Å². The van der Waals surface area contributed by atoms with Crippen LogP contribution in [0, 0.1) is 0 Å². The standard InChI is InChI=1S/C15H11BrN2O2S/c16-11-6-8-12(9-7-11)21(19,20)18-15-5-1-4-14-13(15)3-2-10-17-14/h1-10,18H. The molecule has 0 fully saturated rings. The van der Waals surface area contributed by atoms with E-state index in [1.807, 2.05) is 12.1 Å². The van der Waals surface area contributed by atoms with Gasteiger partial charge in [-0.25, -0.2) is 8.42 Å². The van der Waals surface area contributed by atoms with Crippen LogP contribution in [-0.2, 0) is 10.0 Å². The van der Waals surface area contributed by atoms with Gasteiger partial charge in [-0.2, -0.15) is 0 Å². The zero-order chi connectivity index (χ0) is 14.9. The van der Waals surface area contributed by atoms with Crippen molar-refractivity contribution in [3.8, 4) is 0 Å². The first kappa shape index (κ1) is 14.0. The summed E-state index contributed by atoms with van der Waals surface area (Å²) in [6.45, 7) is 0. The molecule has 3 aromatic rings. The molecule has 1 N–H and O–H groups in total. The number of hydrogen-bond donors (Lipinski definition) is 1. The third kappa shape index (κ3) is 2.91. The number of halogens is 1. The Labute approximate surface area is 131 Å². The molecule has 21 heavy (non-hydrogen) atoms. The Morgan fingerprint density at radius 3 is 2.48 bits per heavy atom. The van der Waals surface area contributed by atoms with Crippen LogP contribution in [0.3, 0.4) is 0 Å². The van der Waals surface area contributed by atoms with Gasteiger partial charge in [-0.05, 0) is 48.5 Å². The van der Waals surface area contributed by atoms with Crippen LogP contribution in [0.5, 0.6) is 0 Å². The maximum Gasteiger partial charge on any atom is 0.261 e. The highest BCUT2D eigenvalue weighted by atomic mass is 79.9. The van der Waals surface area contributed by atoms with Crippen LogP contribution in [0.15, 0.2) is 70.2 Å². The van der Waals surface area contributed by atoms with Crippen LogP contribution in [0.1, 0.15) is 0 Å². The van der Waals surface area contributed by atoms with E-state index in [4.69, 9.17) is 0 Å². The van der Waals surface area contributed by atoms with E-state index in [0.29, 0.717) is 5.69 Å². The second-order valence-corrected chi connectivity index (χ2v) is 7.03. The summed E-state index contributed by atoms with van der Waals surface area (Å²) in [7, 11) is -3.62. The number of aromatic nitrogens is 1. The highest BCUT2D eigenvalue weighted by Crippen LogP contribution is 2.24. The van der Waals surface area contributed by atoms with Gasteiger partial charge in [0, 0.05) is 16.1 Å². The lowest BCUT2D eigenvalue weighted by molar-refractivity contribution is 0.601. The lowest BCUT2D eigenvalue weighted by Gasteiger charge is -2.10. The Balaban J connectivity index is 2.03. The average Bonchev–Trinajstić information content (AvgIpc) is 2.48. The molecular formula is C15H11BrN2O2S. The van der Waals surface area contributed by atoms with E-state index in [9.17, 15) is 8.42 Å². The van der Waals surface area contributed by atoms with Crippen LogP contribution in [0.4, 0.5) is 5.69 Å². The smallest absolute Gasteiger partial charge is 0.261 e. The Kier molecular flexibility index (Phi) is 3.65. The number of benzene rings is 2. The van der Waals surface area contributed by atoms with Crippen molar-refractivity contribution in [1.82, 2.24) is 4.98 Å². The quantitative estimate of drug-likeness (QED) is 0.770. The van der Waals surface area contributed by atoms with E-state index < -0.39 is 10.0 Å². The zero-order valence-corrected chi connectivity index (χ0v) is 13.2. The lowest BCUT2D eigenvalue weighted by Crippen LogP contribution is -2.13. The molecule has 0 aliphatic heterocycles. The molecule has 0 radical (unpaired) electrons. The van der Waals surface area contributed by atoms with E-state index in [2.05, 4.69) is 25.6 Å². The van der Waals surface area contributed by atoms with Gasteiger partial charge in [-0.1, -0.05) is 22.0 Å². The molecule has 0 saturated heterocycles. The molecule has 0 amide bonds. The minimum atomic E-state index is -3.62. The molecule has 4 nitrogen and oxygen atoms in total. The van der Waals surface area contributed by atoms with Crippen LogP contribution < -0.4 is 4.72 Å². The number of nitrogens with one attached hydrogen (secondary N) is 1. The maximum atomic E-state index is 12.4. The van der Waals surface area contributed by atoms with Crippen molar-refractivity contribution in [2.75, 3.05) is 4.72 Å². The SMILES string of the molecule is O=S(=O)(Nc1cccc2ncccc12)c1ccc(Br)cc1. The Morgan fingerprint density at radius 1 is 0.952 bits per heavy atom. The fourth-order valence-corrected chi connectivity index (χ4v) is 3.35. The van der Waals surface area contributed by atoms with Gasteiger partial charge >= 0.3 is 0 Å². The van der Waals surface area contributed by atoms with Gasteiger partial charge in [0.2, 0.25) is 0 Å². The Bertz CT molecular complexity index is 888. The number of pyridine rings is 1. The molecule has 0 aliphatic rings. The van der Waals surface area contributed by atoms with E-state index >= 15 is 0 Å². The minimum Gasteiger partial charge on any atom is -0.279 e. The molecule has 106 valence electrons. The summed E-state index contributed by atoms with van der Waals surface area (Å²) in [4.78, 5) is 4.43. The summed E-state index contributed by atoms with van der Waals surface area (Å²) in [5.41, 5.74) is 1.26. The zero-order valence-electron chi connectivity index (χ0n) is 10.8. The molecule has 3 rings (SSSR count). The van der Waals surface area contributed by atoms with Crippen LogP contribution in [-0.4, -0.2) is 13.4 Å². The van der Waals surface area contributed by atoms with E-state index in [-0.39, 0.29) is 4.90 Å². The largest absolute Gasteiger partial charge is 0.279 e. The van der Waals surface area contributed by atoms with Gasteiger partial charge in [-0.15, -0.1) is 0 Å². The number of rotatable bonds is 3. The molecule has 6 heteroatoms. The first-order valence-corrected chi connectivity index (χ1v) is 8.46. The molecule has 2 aromatic carbocycles. The van der Waals surface area contributed by atoms with E-state index in [0.717, 1.165) is 15.4 Å². The third-order valence-corrected chi connectivity index (χ3v) is 4.92. The molecule has 1 aromatic heterocycles. The van der Waals surface area contributed by atoms with E-state index in [1.54, 1.807) is 48.7 Å². The van der Waals surface area contributed by atoms with Gasteiger partial charge in [-0.3, -0.25) is 9.71 Å². The summed E-state index contributed by atoms with van der Waals surface area (Å²) >= 11 is 3.29. The van der Waals surface area contributed by atoms with Crippen LogP contribution in [0.2, 0.25) is 0 Å². The van der Waals surface area contributed by atoms with Crippen LogP contribution in [0.25, 0.3) is 10.9 Å². The van der Waals surface area contributed by atoms with Gasteiger partial charge in [0.1, 0.15) is 0 Å². The summed E-state index contributed by atoms with van der Waals surface area (Å²) in [5, 5.41) is 0.765. The highest BCUT2D eigenvalue weighted by Gasteiger charge is 2.15. The molecule has 0 spiro atoms. The van der Waals surface area contributed by atoms with Crippen molar-refractivity contribution in [2.45, 2.75) is 4.90 Å². The first-order chi connectivity index (χ1) is 10.1. The summed E-state index contributed by atoms with van der Waals surface area (Å²) in [5.74, 6) is 0. The predicted octanol–water partition coefficient (Wildman–Crippen LogP) is 3.80. The molecule has 0 atom stereocenters. The summed E-state index contributed by atoms with van der Waals surface area (Å²) in [6, 6.07) is 15.4.